The summed E-state index contributed by atoms with van der Waals surface area (Å²) in [6.45, 7) is 0. The van der Waals surface area contributed by atoms with Crippen molar-refractivity contribution in [2.75, 3.05) is 0 Å². The maximum absolute atomic E-state index is 10.8. The van der Waals surface area contributed by atoms with Gasteiger partial charge in [-0.05, 0) is 17.5 Å². The first kappa shape index (κ1) is 12.2. The summed E-state index contributed by atoms with van der Waals surface area (Å²) < 4.78 is 1.08. The van der Waals surface area contributed by atoms with E-state index in [1.807, 2.05) is 17.5 Å². The lowest BCUT2D eigenvalue weighted by Crippen LogP contribution is -2.20. The van der Waals surface area contributed by atoms with Gasteiger partial charge in [0.25, 0.3) is 0 Å². The highest BCUT2D eigenvalue weighted by atomic mass is 32.1. The van der Waals surface area contributed by atoms with Crippen LogP contribution < -0.4 is 5.73 Å². The number of rotatable bonds is 3. The predicted octanol–water partition coefficient (Wildman–Crippen LogP) is 2.50. The van der Waals surface area contributed by atoms with Gasteiger partial charge in [-0.15, -0.1) is 22.7 Å². The first-order valence-corrected chi connectivity index (χ1v) is 7.18. The molecule has 96 valence electrons. The number of carboxylic acids is 1. The standard InChI is InChI=1S/C12H9N3O2S2/c13-10(12(16)17)8-5-19-11(15-8)6-3-9-7(14-4-6)1-2-18-9/h1-5,10H,13H2,(H,16,17). The van der Waals surface area contributed by atoms with Gasteiger partial charge < -0.3 is 10.8 Å². The van der Waals surface area contributed by atoms with E-state index in [1.54, 1.807) is 22.9 Å². The summed E-state index contributed by atoms with van der Waals surface area (Å²) in [7, 11) is 0. The van der Waals surface area contributed by atoms with E-state index in [1.165, 1.54) is 11.3 Å². The van der Waals surface area contributed by atoms with Gasteiger partial charge >= 0.3 is 5.97 Å². The van der Waals surface area contributed by atoms with Crippen LogP contribution in [0.5, 0.6) is 0 Å². The van der Waals surface area contributed by atoms with Crippen molar-refractivity contribution in [3.05, 3.63) is 34.8 Å². The number of pyridine rings is 1. The Balaban J connectivity index is 1.99. The summed E-state index contributed by atoms with van der Waals surface area (Å²) >= 11 is 2.98. The Hall–Kier alpha value is -1.83. The molecule has 0 saturated heterocycles. The van der Waals surface area contributed by atoms with Crippen LogP contribution in [0.3, 0.4) is 0 Å². The van der Waals surface area contributed by atoms with Crippen LogP contribution in [0.15, 0.2) is 29.1 Å². The van der Waals surface area contributed by atoms with Gasteiger partial charge in [-0.3, -0.25) is 9.78 Å². The molecule has 0 amide bonds. The molecule has 5 nitrogen and oxygen atoms in total. The molecule has 7 heteroatoms. The third kappa shape index (κ3) is 2.23. The minimum Gasteiger partial charge on any atom is -0.480 e. The van der Waals surface area contributed by atoms with Crippen LogP contribution in [-0.4, -0.2) is 21.0 Å². The zero-order chi connectivity index (χ0) is 13.4. The first-order chi connectivity index (χ1) is 9.15. The summed E-state index contributed by atoms with van der Waals surface area (Å²) in [4.78, 5) is 19.4. The molecule has 3 aromatic heterocycles. The van der Waals surface area contributed by atoms with Crippen LogP contribution in [-0.2, 0) is 4.79 Å². The Kier molecular flexibility index (Phi) is 3.02. The summed E-state index contributed by atoms with van der Waals surface area (Å²) in [5.41, 5.74) is 7.74. The molecule has 0 radical (unpaired) electrons. The number of carbonyl (C=O) groups is 1. The Morgan fingerprint density at radius 2 is 2.26 bits per heavy atom. The summed E-state index contributed by atoms with van der Waals surface area (Å²) in [5, 5.41) is 13.2. The molecule has 0 bridgehead atoms. The zero-order valence-electron chi connectivity index (χ0n) is 9.61. The van der Waals surface area contributed by atoms with E-state index in [0.29, 0.717) is 5.69 Å². The second-order valence-corrected chi connectivity index (χ2v) is 5.73. The van der Waals surface area contributed by atoms with Crippen LogP contribution >= 0.6 is 22.7 Å². The van der Waals surface area contributed by atoms with Crippen LogP contribution in [0.1, 0.15) is 11.7 Å². The molecule has 0 aromatic carbocycles. The molecule has 3 N–H and O–H groups in total. The molecule has 19 heavy (non-hydrogen) atoms. The van der Waals surface area contributed by atoms with Crippen molar-refractivity contribution < 1.29 is 9.90 Å². The highest BCUT2D eigenvalue weighted by Crippen LogP contribution is 2.29. The van der Waals surface area contributed by atoms with Crippen molar-refractivity contribution in [2.45, 2.75) is 6.04 Å². The van der Waals surface area contributed by atoms with E-state index in [9.17, 15) is 4.79 Å². The van der Waals surface area contributed by atoms with Gasteiger partial charge in [0, 0.05) is 17.1 Å². The lowest BCUT2D eigenvalue weighted by atomic mass is 10.2. The second kappa shape index (κ2) is 4.69. The molecular formula is C12H9N3O2S2. The van der Waals surface area contributed by atoms with E-state index in [2.05, 4.69) is 9.97 Å². The molecule has 0 aliphatic heterocycles. The molecular weight excluding hydrogens is 282 g/mol. The molecule has 3 heterocycles. The molecule has 3 rings (SSSR count). The largest absolute Gasteiger partial charge is 0.480 e. The molecule has 0 saturated carbocycles. The van der Waals surface area contributed by atoms with E-state index >= 15 is 0 Å². The number of hydrogen-bond donors (Lipinski definition) is 2. The Bertz CT molecular complexity index is 750. The fourth-order valence-electron chi connectivity index (χ4n) is 1.65. The van der Waals surface area contributed by atoms with Crippen molar-refractivity contribution in [1.29, 1.82) is 0 Å². The smallest absolute Gasteiger partial charge is 0.326 e. The van der Waals surface area contributed by atoms with Crippen molar-refractivity contribution in [2.24, 2.45) is 5.73 Å². The number of aromatic nitrogens is 2. The minimum atomic E-state index is -1.08. The number of thiophene rings is 1. The monoisotopic (exact) mass is 291 g/mol. The molecule has 0 spiro atoms. The average Bonchev–Trinajstić information content (AvgIpc) is 3.05. The molecule has 0 aliphatic carbocycles. The number of carboxylic acid groups (broad SMARTS) is 1. The number of hydrogen-bond acceptors (Lipinski definition) is 6. The van der Waals surface area contributed by atoms with Crippen LogP contribution in [0, 0.1) is 0 Å². The van der Waals surface area contributed by atoms with Gasteiger partial charge in [0.1, 0.15) is 11.0 Å². The van der Waals surface area contributed by atoms with Gasteiger partial charge in [-0.25, -0.2) is 4.98 Å². The Morgan fingerprint density at radius 3 is 3.05 bits per heavy atom. The molecule has 0 fully saturated rings. The fourth-order valence-corrected chi connectivity index (χ4v) is 3.27. The van der Waals surface area contributed by atoms with Crippen LogP contribution in [0.4, 0.5) is 0 Å². The van der Waals surface area contributed by atoms with Crippen molar-refractivity contribution >= 4 is 38.9 Å². The highest BCUT2D eigenvalue weighted by molar-refractivity contribution is 7.17. The fraction of sp³-hybridized carbons (Fsp3) is 0.0833. The minimum absolute atomic E-state index is 0.374. The average molecular weight is 291 g/mol. The van der Waals surface area contributed by atoms with Crippen molar-refractivity contribution in [3.8, 4) is 10.6 Å². The molecule has 3 aromatic rings. The van der Waals surface area contributed by atoms with Gasteiger partial charge in [0.2, 0.25) is 0 Å². The van der Waals surface area contributed by atoms with Gasteiger partial charge in [-0.1, -0.05) is 0 Å². The zero-order valence-corrected chi connectivity index (χ0v) is 11.2. The third-order valence-electron chi connectivity index (χ3n) is 2.66. The lowest BCUT2D eigenvalue weighted by Gasteiger charge is -2.00. The molecule has 0 aliphatic rings. The summed E-state index contributed by atoms with van der Waals surface area (Å²) in [5.74, 6) is -1.08. The number of aliphatic carboxylic acids is 1. The normalized spacial score (nSPS) is 12.7. The Labute approximate surface area is 116 Å². The number of nitrogens with zero attached hydrogens (tertiary/aromatic N) is 2. The van der Waals surface area contributed by atoms with Crippen LogP contribution in [0.2, 0.25) is 0 Å². The van der Waals surface area contributed by atoms with Gasteiger partial charge in [-0.2, -0.15) is 0 Å². The number of thiazole rings is 1. The topological polar surface area (TPSA) is 89.1 Å². The summed E-state index contributed by atoms with van der Waals surface area (Å²) in [6, 6.07) is 2.88. The Morgan fingerprint density at radius 1 is 1.42 bits per heavy atom. The van der Waals surface area contributed by atoms with E-state index in [-0.39, 0.29) is 0 Å². The van der Waals surface area contributed by atoms with Gasteiger partial charge in [0.05, 0.1) is 15.9 Å². The second-order valence-electron chi connectivity index (χ2n) is 3.92. The van der Waals surface area contributed by atoms with E-state index in [4.69, 9.17) is 10.8 Å². The van der Waals surface area contributed by atoms with Gasteiger partial charge in [0.15, 0.2) is 0 Å². The lowest BCUT2D eigenvalue weighted by molar-refractivity contribution is -0.138. The third-order valence-corrected chi connectivity index (χ3v) is 4.42. The maximum Gasteiger partial charge on any atom is 0.326 e. The summed E-state index contributed by atoms with van der Waals surface area (Å²) in [6.07, 6.45) is 1.74. The van der Waals surface area contributed by atoms with Crippen LogP contribution in [0.25, 0.3) is 20.8 Å². The quantitative estimate of drug-likeness (QED) is 0.774. The maximum atomic E-state index is 10.8. The van der Waals surface area contributed by atoms with E-state index in [0.717, 1.165) is 20.8 Å². The van der Waals surface area contributed by atoms with E-state index < -0.39 is 12.0 Å². The SMILES string of the molecule is NC(C(=O)O)c1csc(-c2cnc3ccsc3c2)n1. The predicted molar refractivity (Wildman–Crippen MR) is 75.3 cm³/mol. The number of fused-ring (bicyclic) bond motifs is 1. The first-order valence-electron chi connectivity index (χ1n) is 5.42. The van der Waals surface area contributed by atoms with Crippen molar-refractivity contribution in [3.63, 3.8) is 0 Å². The molecule has 1 atom stereocenters. The molecule has 1 unspecified atom stereocenters. The highest BCUT2D eigenvalue weighted by Gasteiger charge is 2.18. The van der Waals surface area contributed by atoms with Crippen molar-refractivity contribution in [1.82, 2.24) is 9.97 Å². The number of nitrogens with two attached hydrogens (primary N) is 1.